The van der Waals surface area contributed by atoms with Crippen LogP contribution in [0.4, 0.5) is 5.69 Å². The van der Waals surface area contributed by atoms with Crippen LogP contribution < -0.4 is 11.1 Å². The number of carbonyl (C=O) groups is 2. The molecule has 0 aromatic heterocycles. The quantitative estimate of drug-likeness (QED) is 0.803. The Morgan fingerprint density at radius 3 is 2.26 bits per heavy atom. The summed E-state index contributed by atoms with van der Waals surface area (Å²) in [6.45, 7) is 4.15. The maximum Gasteiger partial charge on any atom is 0.302 e. The van der Waals surface area contributed by atoms with Crippen LogP contribution in [0.1, 0.15) is 53.7 Å². The summed E-state index contributed by atoms with van der Waals surface area (Å²) in [6.07, 6.45) is 4.78. The molecular formula is C22H28N2O3. The zero-order chi connectivity index (χ0) is 19.6. The third-order valence-electron chi connectivity index (χ3n) is 4.41. The van der Waals surface area contributed by atoms with Gasteiger partial charge in [-0.1, -0.05) is 18.2 Å². The molecule has 1 aliphatic carbocycles. The first-order valence-electron chi connectivity index (χ1n) is 9.39. The van der Waals surface area contributed by atoms with E-state index in [9.17, 15) is 9.59 Å². The van der Waals surface area contributed by atoms with Gasteiger partial charge in [-0.05, 0) is 73.6 Å². The number of amides is 1. The lowest BCUT2D eigenvalue weighted by Gasteiger charge is -2.16. The third-order valence-corrected chi connectivity index (χ3v) is 4.41. The Morgan fingerprint density at radius 2 is 1.70 bits per heavy atom. The van der Waals surface area contributed by atoms with Gasteiger partial charge in [-0.2, -0.15) is 0 Å². The molecule has 0 heterocycles. The maximum absolute atomic E-state index is 12.2. The Labute approximate surface area is 160 Å². The van der Waals surface area contributed by atoms with Crippen LogP contribution in [0.2, 0.25) is 0 Å². The van der Waals surface area contributed by atoms with E-state index in [1.807, 2.05) is 30.3 Å². The van der Waals surface area contributed by atoms with Crippen LogP contribution >= 0.6 is 0 Å². The van der Waals surface area contributed by atoms with Gasteiger partial charge in [0.1, 0.15) is 0 Å². The minimum Gasteiger partial charge on any atom is -0.466 e. The van der Waals surface area contributed by atoms with Crippen molar-refractivity contribution in [1.82, 2.24) is 0 Å². The molecular weight excluding hydrogens is 340 g/mol. The molecule has 5 nitrogen and oxygen atoms in total. The number of nitrogens with one attached hydrogen (secondary N) is 1. The molecule has 3 rings (SSSR count). The van der Waals surface area contributed by atoms with Crippen molar-refractivity contribution in [3.8, 4) is 0 Å². The van der Waals surface area contributed by atoms with E-state index in [0.717, 1.165) is 24.1 Å². The molecule has 144 valence electrons. The molecule has 2 aromatic rings. The van der Waals surface area contributed by atoms with Crippen molar-refractivity contribution in [3.05, 3.63) is 64.7 Å². The molecule has 1 aliphatic rings. The maximum atomic E-state index is 12.2. The normalized spacial score (nSPS) is 12.3. The number of hydrogen-bond acceptors (Lipinski definition) is 4. The summed E-state index contributed by atoms with van der Waals surface area (Å²) < 4.78 is 4.40. The monoisotopic (exact) mass is 368 g/mol. The van der Waals surface area contributed by atoms with Crippen LogP contribution in [-0.4, -0.2) is 18.5 Å². The fourth-order valence-corrected chi connectivity index (χ4v) is 3.01. The van der Waals surface area contributed by atoms with Crippen LogP contribution in [0.25, 0.3) is 0 Å². The van der Waals surface area contributed by atoms with Gasteiger partial charge in [-0.25, -0.2) is 0 Å². The van der Waals surface area contributed by atoms with E-state index in [4.69, 9.17) is 5.73 Å². The molecule has 0 spiro atoms. The van der Waals surface area contributed by atoms with Crippen molar-refractivity contribution in [2.75, 3.05) is 11.9 Å². The molecule has 3 N–H and O–H groups in total. The lowest BCUT2D eigenvalue weighted by atomic mass is 9.91. The first-order valence-corrected chi connectivity index (χ1v) is 9.39. The smallest absolute Gasteiger partial charge is 0.302 e. The zero-order valence-electron chi connectivity index (χ0n) is 16.1. The predicted molar refractivity (Wildman–Crippen MR) is 108 cm³/mol. The number of ether oxygens (including phenoxy) is 1. The fourth-order valence-electron chi connectivity index (χ4n) is 3.01. The second-order valence-corrected chi connectivity index (χ2v) is 6.47. The van der Waals surface area contributed by atoms with Crippen molar-refractivity contribution < 1.29 is 14.3 Å². The molecule has 5 heteroatoms. The van der Waals surface area contributed by atoms with Crippen LogP contribution in [0.5, 0.6) is 0 Å². The minimum atomic E-state index is -0.211. The number of rotatable bonds is 4. The highest BCUT2D eigenvalue weighted by Gasteiger charge is 2.11. The number of anilines is 1. The molecule has 0 saturated heterocycles. The number of nitrogens with two attached hydrogens (primary N) is 1. The summed E-state index contributed by atoms with van der Waals surface area (Å²) in [5.41, 5.74) is 10.9. The average molecular weight is 368 g/mol. The minimum absolute atomic E-state index is 0.0747. The lowest BCUT2D eigenvalue weighted by Crippen LogP contribution is -2.13. The molecule has 0 aliphatic heterocycles. The SMILES string of the molecule is CCOC(C)=O.NCc1ccc(C(=O)Nc2ccc3c(c2)CCCC3)cc1. The van der Waals surface area contributed by atoms with E-state index in [0.29, 0.717) is 18.7 Å². The van der Waals surface area contributed by atoms with Crippen LogP contribution in [0, 0.1) is 0 Å². The van der Waals surface area contributed by atoms with Gasteiger partial charge in [-0.3, -0.25) is 9.59 Å². The number of carbonyl (C=O) groups excluding carboxylic acids is 2. The highest BCUT2D eigenvalue weighted by molar-refractivity contribution is 6.04. The standard InChI is InChI=1S/C18H20N2O.C4H8O2/c19-12-13-5-7-15(8-6-13)18(21)20-17-10-9-14-3-1-2-4-16(14)11-17;1-3-6-4(2)5/h5-11H,1-4,12,19H2,(H,20,21);3H2,1-2H3. The second kappa shape index (κ2) is 10.5. The van der Waals surface area contributed by atoms with E-state index in [2.05, 4.69) is 22.2 Å². The molecule has 0 radical (unpaired) electrons. The molecule has 27 heavy (non-hydrogen) atoms. The van der Waals surface area contributed by atoms with Crippen LogP contribution in [0.15, 0.2) is 42.5 Å². The highest BCUT2D eigenvalue weighted by Crippen LogP contribution is 2.24. The van der Waals surface area contributed by atoms with E-state index in [1.54, 1.807) is 6.92 Å². The highest BCUT2D eigenvalue weighted by atomic mass is 16.5. The molecule has 0 fully saturated rings. The number of fused-ring (bicyclic) bond motifs is 1. The fraction of sp³-hybridized carbons (Fsp3) is 0.364. The van der Waals surface area contributed by atoms with Gasteiger partial charge in [0, 0.05) is 24.7 Å². The molecule has 2 aromatic carbocycles. The average Bonchev–Trinajstić information content (AvgIpc) is 2.68. The van der Waals surface area contributed by atoms with Gasteiger partial charge in [0.05, 0.1) is 6.61 Å². The Balaban J connectivity index is 0.000000380. The molecule has 0 atom stereocenters. The number of benzene rings is 2. The van der Waals surface area contributed by atoms with Crippen molar-refractivity contribution in [1.29, 1.82) is 0 Å². The lowest BCUT2D eigenvalue weighted by molar-refractivity contribution is -0.140. The summed E-state index contributed by atoms with van der Waals surface area (Å²) in [5.74, 6) is -0.285. The summed E-state index contributed by atoms with van der Waals surface area (Å²) in [4.78, 5) is 22.1. The number of esters is 1. The summed E-state index contributed by atoms with van der Waals surface area (Å²) in [5, 5.41) is 2.98. The van der Waals surface area contributed by atoms with Gasteiger partial charge in [0.25, 0.3) is 5.91 Å². The molecule has 1 amide bonds. The van der Waals surface area contributed by atoms with E-state index >= 15 is 0 Å². The summed E-state index contributed by atoms with van der Waals surface area (Å²) in [7, 11) is 0. The topological polar surface area (TPSA) is 81.4 Å². The first-order chi connectivity index (χ1) is 13.0. The molecule has 0 saturated carbocycles. The van der Waals surface area contributed by atoms with E-state index in [-0.39, 0.29) is 11.9 Å². The Bertz CT molecular complexity index is 770. The van der Waals surface area contributed by atoms with Gasteiger partial charge in [0.15, 0.2) is 0 Å². The third kappa shape index (κ3) is 6.53. The van der Waals surface area contributed by atoms with E-state index in [1.165, 1.54) is 30.9 Å². The van der Waals surface area contributed by atoms with Gasteiger partial charge in [0.2, 0.25) is 0 Å². The van der Waals surface area contributed by atoms with Crippen molar-refractivity contribution >= 4 is 17.6 Å². The van der Waals surface area contributed by atoms with Gasteiger partial charge in [-0.15, -0.1) is 0 Å². The van der Waals surface area contributed by atoms with Gasteiger partial charge < -0.3 is 15.8 Å². The Kier molecular flexibility index (Phi) is 8.01. The second-order valence-electron chi connectivity index (χ2n) is 6.47. The van der Waals surface area contributed by atoms with Crippen molar-refractivity contribution in [2.45, 2.75) is 46.1 Å². The molecule has 0 unspecified atom stereocenters. The van der Waals surface area contributed by atoms with Crippen molar-refractivity contribution in [2.24, 2.45) is 5.73 Å². The summed E-state index contributed by atoms with van der Waals surface area (Å²) in [6, 6.07) is 13.7. The van der Waals surface area contributed by atoms with Crippen LogP contribution in [-0.2, 0) is 28.9 Å². The Hall–Kier alpha value is -2.66. The van der Waals surface area contributed by atoms with Crippen LogP contribution in [0.3, 0.4) is 0 Å². The predicted octanol–water partition coefficient (Wildman–Crippen LogP) is 3.85. The summed E-state index contributed by atoms with van der Waals surface area (Å²) >= 11 is 0. The molecule has 0 bridgehead atoms. The Morgan fingerprint density at radius 1 is 1.04 bits per heavy atom. The first kappa shape index (κ1) is 20.6. The van der Waals surface area contributed by atoms with Crippen molar-refractivity contribution in [3.63, 3.8) is 0 Å². The largest absolute Gasteiger partial charge is 0.466 e. The van der Waals surface area contributed by atoms with E-state index < -0.39 is 0 Å². The number of hydrogen-bond donors (Lipinski definition) is 2. The number of aryl methyl sites for hydroxylation is 2. The van der Waals surface area contributed by atoms with Gasteiger partial charge >= 0.3 is 5.97 Å². The zero-order valence-corrected chi connectivity index (χ0v) is 16.1.